The molecule has 0 aliphatic carbocycles. The summed E-state index contributed by atoms with van der Waals surface area (Å²) in [5, 5.41) is 0. The molecule has 0 spiro atoms. The van der Waals surface area contributed by atoms with Crippen LogP contribution in [0.15, 0.2) is 12.3 Å². The van der Waals surface area contributed by atoms with Crippen molar-refractivity contribution in [1.29, 1.82) is 0 Å². The van der Waals surface area contributed by atoms with Crippen LogP contribution in [0.25, 0.3) is 0 Å². The van der Waals surface area contributed by atoms with Gasteiger partial charge < -0.3 is 19.3 Å². The molecule has 0 saturated carbocycles. The number of hydrogen-bond donors (Lipinski definition) is 0. The van der Waals surface area contributed by atoms with E-state index in [1.165, 1.54) is 0 Å². The maximum atomic E-state index is 13.2. The maximum absolute atomic E-state index is 13.2. The highest BCUT2D eigenvalue weighted by molar-refractivity contribution is 5.79. The van der Waals surface area contributed by atoms with Crippen molar-refractivity contribution in [2.24, 2.45) is 5.92 Å². The Morgan fingerprint density at radius 1 is 1.37 bits per heavy atom. The number of rotatable bonds is 5. The van der Waals surface area contributed by atoms with Gasteiger partial charge in [-0.1, -0.05) is 0 Å². The summed E-state index contributed by atoms with van der Waals surface area (Å²) in [4.78, 5) is 26.2. The van der Waals surface area contributed by atoms with Gasteiger partial charge in [-0.3, -0.25) is 4.79 Å². The Hall–Kier alpha value is -1.89. The molecule has 27 heavy (non-hydrogen) atoms. The molecule has 0 aromatic carbocycles. The van der Waals surface area contributed by atoms with E-state index in [0.717, 1.165) is 51.9 Å². The molecule has 1 amide bonds. The summed E-state index contributed by atoms with van der Waals surface area (Å²) in [5.41, 5.74) is -0.149. The first-order valence-electron chi connectivity index (χ1n) is 10.00. The van der Waals surface area contributed by atoms with E-state index in [9.17, 15) is 4.79 Å². The van der Waals surface area contributed by atoms with Gasteiger partial charge in [0, 0.05) is 50.5 Å². The number of anilines is 1. The SMILES string of the molecule is CCN(C(=O)C1CCN(c2nccc(OC)n2)CC1)C1CCOC(C)(C)C1. The van der Waals surface area contributed by atoms with E-state index in [4.69, 9.17) is 9.47 Å². The predicted molar refractivity (Wildman–Crippen MR) is 104 cm³/mol. The van der Waals surface area contributed by atoms with Crippen LogP contribution in [0.1, 0.15) is 46.5 Å². The Morgan fingerprint density at radius 2 is 2.11 bits per heavy atom. The Balaban J connectivity index is 1.60. The van der Waals surface area contributed by atoms with Crippen molar-refractivity contribution in [3.63, 3.8) is 0 Å². The second-order valence-corrected chi connectivity index (χ2v) is 8.04. The Labute approximate surface area is 162 Å². The van der Waals surface area contributed by atoms with Gasteiger partial charge >= 0.3 is 0 Å². The van der Waals surface area contributed by atoms with Crippen molar-refractivity contribution < 1.29 is 14.3 Å². The lowest BCUT2D eigenvalue weighted by molar-refractivity contribution is -0.144. The van der Waals surface area contributed by atoms with Gasteiger partial charge in [-0.05, 0) is 46.5 Å². The van der Waals surface area contributed by atoms with Crippen molar-refractivity contribution in [3.8, 4) is 5.88 Å². The monoisotopic (exact) mass is 376 g/mol. The summed E-state index contributed by atoms with van der Waals surface area (Å²) in [6.45, 7) is 9.39. The van der Waals surface area contributed by atoms with Gasteiger partial charge in [-0.15, -0.1) is 0 Å². The minimum atomic E-state index is -0.149. The van der Waals surface area contributed by atoms with Crippen LogP contribution in [0.4, 0.5) is 5.95 Å². The first-order valence-corrected chi connectivity index (χ1v) is 10.00. The molecule has 3 rings (SSSR count). The molecule has 150 valence electrons. The van der Waals surface area contributed by atoms with Crippen LogP contribution < -0.4 is 9.64 Å². The third-order valence-electron chi connectivity index (χ3n) is 5.69. The van der Waals surface area contributed by atoms with Gasteiger partial charge in [0.15, 0.2) is 0 Å². The fourth-order valence-electron chi connectivity index (χ4n) is 4.22. The van der Waals surface area contributed by atoms with Crippen LogP contribution in [0.5, 0.6) is 5.88 Å². The molecule has 2 aliphatic heterocycles. The molecule has 2 aliphatic rings. The van der Waals surface area contributed by atoms with E-state index in [-0.39, 0.29) is 17.6 Å². The van der Waals surface area contributed by atoms with E-state index < -0.39 is 0 Å². The lowest BCUT2D eigenvalue weighted by Crippen LogP contribution is -2.51. The van der Waals surface area contributed by atoms with Gasteiger partial charge in [-0.2, -0.15) is 4.98 Å². The number of carbonyl (C=O) groups is 1. The molecular weight excluding hydrogens is 344 g/mol. The van der Waals surface area contributed by atoms with Crippen molar-refractivity contribution in [1.82, 2.24) is 14.9 Å². The first kappa shape index (κ1) is 19.9. The van der Waals surface area contributed by atoms with Crippen LogP contribution in [-0.4, -0.2) is 65.8 Å². The largest absolute Gasteiger partial charge is 0.481 e. The highest BCUT2D eigenvalue weighted by Crippen LogP contribution is 2.30. The minimum Gasteiger partial charge on any atom is -0.481 e. The summed E-state index contributed by atoms with van der Waals surface area (Å²) in [6.07, 6.45) is 5.22. The molecule has 3 heterocycles. The third kappa shape index (κ3) is 4.69. The molecule has 7 nitrogen and oxygen atoms in total. The van der Waals surface area contributed by atoms with Crippen molar-refractivity contribution in [2.45, 2.75) is 58.1 Å². The maximum Gasteiger partial charge on any atom is 0.228 e. The molecule has 2 saturated heterocycles. The number of piperidine rings is 1. The Kier molecular flexibility index (Phi) is 6.19. The quantitative estimate of drug-likeness (QED) is 0.787. The molecule has 1 unspecified atom stereocenters. The normalized spacial score (nSPS) is 23.1. The topological polar surface area (TPSA) is 67.8 Å². The smallest absolute Gasteiger partial charge is 0.228 e. The first-order chi connectivity index (χ1) is 12.9. The fourth-order valence-corrected chi connectivity index (χ4v) is 4.22. The summed E-state index contributed by atoms with van der Waals surface area (Å²) in [6, 6.07) is 2.03. The number of hydrogen-bond acceptors (Lipinski definition) is 6. The van der Waals surface area contributed by atoms with Crippen LogP contribution in [-0.2, 0) is 9.53 Å². The molecule has 0 bridgehead atoms. The van der Waals surface area contributed by atoms with Crippen LogP contribution >= 0.6 is 0 Å². The van der Waals surface area contributed by atoms with Crippen molar-refractivity contribution >= 4 is 11.9 Å². The predicted octanol–water partition coefficient (Wildman–Crippen LogP) is 2.51. The molecule has 7 heteroatoms. The number of amides is 1. The molecule has 1 aromatic rings. The third-order valence-corrected chi connectivity index (χ3v) is 5.69. The molecule has 0 N–H and O–H groups in total. The van der Waals surface area contributed by atoms with Crippen LogP contribution in [0.3, 0.4) is 0 Å². The van der Waals surface area contributed by atoms with Gasteiger partial charge in [0.25, 0.3) is 0 Å². The van der Waals surface area contributed by atoms with E-state index in [2.05, 4.69) is 40.5 Å². The van der Waals surface area contributed by atoms with Gasteiger partial charge in [0.1, 0.15) is 0 Å². The van der Waals surface area contributed by atoms with E-state index in [1.807, 2.05) is 0 Å². The summed E-state index contributed by atoms with van der Waals surface area (Å²) in [7, 11) is 1.61. The van der Waals surface area contributed by atoms with Crippen LogP contribution in [0.2, 0.25) is 0 Å². The fraction of sp³-hybridized carbons (Fsp3) is 0.750. The molecule has 0 radical (unpaired) electrons. The number of ether oxygens (including phenoxy) is 2. The standard InChI is InChI=1S/C20H32N4O3/c1-5-24(16-9-13-27-20(2,3)14-16)18(25)15-7-11-23(12-8-15)19-21-10-6-17(22-19)26-4/h6,10,15-16H,5,7-9,11-14H2,1-4H3. The zero-order valence-electron chi connectivity index (χ0n) is 17.0. The Bertz CT molecular complexity index is 644. The second-order valence-electron chi connectivity index (χ2n) is 8.04. The van der Waals surface area contributed by atoms with Crippen molar-refractivity contribution in [3.05, 3.63) is 12.3 Å². The zero-order valence-corrected chi connectivity index (χ0v) is 17.0. The number of carbonyl (C=O) groups excluding carboxylic acids is 1. The molecular formula is C20H32N4O3. The van der Waals surface area contributed by atoms with Gasteiger partial charge in [0.2, 0.25) is 17.7 Å². The average Bonchev–Trinajstić information content (AvgIpc) is 2.68. The van der Waals surface area contributed by atoms with Gasteiger partial charge in [0.05, 0.1) is 12.7 Å². The number of aromatic nitrogens is 2. The van der Waals surface area contributed by atoms with Crippen LogP contribution in [0, 0.1) is 5.92 Å². The van der Waals surface area contributed by atoms with Crippen molar-refractivity contribution in [2.75, 3.05) is 38.3 Å². The van der Waals surface area contributed by atoms with E-state index in [1.54, 1.807) is 19.4 Å². The Morgan fingerprint density at radius 3 is 2.74 bits per heavy atom. The molecule has 1 atom stereocenters. The summed E-state index contributed by atoms with van der Waals surface area (Å²) in [5.74, 6) is 1.63. The highest BCUT2D eigenvalue weighted by atomic mass is 16.5. The lowest BCUT2D eigenvalue weighted by atomic mass is 9.90. The zero-order chi connectivity index (χ0) is 19.4. The van der Waals surface area contributed by atoms with E-state index in [0.29, 0.717) is 17.7 Å². The average molecular weight is 377 g/mol. The molecule has 1 aromatic heterocycles. The summed E-state index contributed by atoms with van der Waals surface area (Å²) < 4.78 is 11.0. The number of nitrogens with zero attached hydrogens (tertiary/aromatic N) is 4. The molecule has 2 fully saturated rings. The van der Waals surface area contributed by atoms with E-state index >= 15 is 0 Å². The highest BCUT2D eigenvalue weighted by Gasteiger charge is 2.36. The number of methoxy groups -OCH3 is 1. The second kappa shape index (κ2) is 8.42. The van der Waals surface area contributed by atoms with Gasteiger partial charge in [-0.25, -0.2) is 4.98 Å². The summed E-state index contributed by atoms with van der Waals surface area (Å²) >= 11 is 0. The lowest BCUT2D eigenvalue weighted by Gasteiger charge is -2.43. The minimum absolute atomic E-state index is 0.0813.